The second-order valence-corrected chi connectivity index (χ2v) is 3.35. The van der Waals surface area contributed by atoms with Gasteiger partial charge in [-0.25, -0.2) is 0 Å². The number of nitrogens with zero attached hydrogens (tertiary/aromatic N) is 3. The number of benzene rings is 1. The van der Waals surface area contributed by atoms with Crippen molar-refractivity contribution >= 4 is 5.95 Å². The first-order chi connectivity index (χ1) is 8.71. The molecule has 0 saturated heterocycles. The van der Waals surface area contributed by atoms with Crippen molar-refractivity contribution in [3.63, 3.8) is 0 Å². The topological polar surface area (TPSA) is 94.0 Å². The molecule has 6 nitrogen and oxygen atoms in total. The van der Waals surface area contributed by atoms with Gasteiger partial charge in [-0.15, -0.1) is 0 Å². The number of anilines is 1. The molecule has 2 aromatic rings. The van der Waals surface area contributed by atoms with E-state index in [4.69, 9.17) is 20.5 Å². The molecule has 0 radical (unpaired) electrons. The normalized spacial score (nSPS) is 9.56. The van der Waals surface area contributed by atoms with E-state index in [1.165, 1.54) is 13.2 Å². The van der Waals surface area contributed by atoms with Crippen molar-refractivity contribution in [1.29, 1.82) is 5.26 Å². The van der Waals surface area contributed by atoms with Gasteiger partial charge in [0.05, 0.1) is 24.8 Å². The molecular formula is C12H10N4O2. The van der Waals surface area contributed by atoms with E-state index < -0.39 is 0 Å². The molecule has 0 bridgehead atoms. The highest BCUT2D eigenvalue weighted by Crippen LogP contribution is 2.23. The Hall–Kier alpha value is -2.81. The van der Waals surface area contributed by atoms with Crippen LogP contribution in [-0.4, -0.2) is 17.1 Å². The van der Waals surface area contributed by atoms with Crippen LogP contribution in [-0.2, 0) is 0 Å². The Morgan fingerprint density at radius 2 is 2.00 bits per heavy atom. The van der Waals surface area contributed by atoms with E-state index in [0.717, 1.165) is 0 Å². The lowest BCUT2D eigenvalue weighted by molar-refractivity contribution is 0.389. The minimum absolute atomic E-state index is 0.0563. The van der Waals surface area contributed by atoms with Crippen molar-refractivity contribution in [3.05, 3.63) is 35.9 Å². The van der Waals surface area contributed by atoms with E-state index in [1.54, 1.807) is 24.3 Å². The van der Waals surface area contributed by atoms with Gasteiger partial charge in [-0.05, 0) is 18.2 Å². The Bertz CT molecular complexity index is 607. The summed E-state index contributed by atoms with van der Waals surface area (Å²) in [6.07, 6.45) is 0. The SMILES string of the molecule is COc1cc(Oc2cccc(C#N)c2)nc(N)n1. The summed E-state index contributed by atoms with van der Waals surface area (Å²) in [7, 11) is 1.47. The molecule has 1 aromatic carbocycles. The standard InChI is InChI=1S/C12H10N4O2/c1-17-10-6-11(16-12(14)15-10)18-9-4-2-3-8(5-9)7-13/h2-6H,1H3,(H2,14,15,16). The summed E-state index contributed by atoms with van der Waals surface area (Å²) in [6, 6.07) is 10.3. The summed E-state index contributed by atoms with van der Waals surface area (Å²) in [5.74, 6) is 1.12. The van der Waals surface area contributed by atoms with Crippen LogP contribution in [0, 0.1) is 11.3 Å². The van der Waals surface area contributed by atoms with Crippen LogP contribution in [0.3, 0.4) is 0 Å². The average molecular weight is 242 g/mol. The van der Waals surface area contributed by atoms with Gasteiger partial charge in [-0.1, -0.05) is 6.07 Å². The number of nitriles is 1. The summed E-state index contributed by atoms with van der Waals surface area (Å²) in [6.45, 7) is 0. The van der Waals surface area contributed by atoms with Gasteiger partial charge in [0.2, 0.25) is 17.7 Å². The molecule has 0 fully saturated rings. The quantitative estimate of drug-likeness (QED) is 0.880. The second-order valence-electron chi connectivity index (χ2n) is 3.35. The fourth-order valence-corrected chi connectivity index (χ4v) is 1.33. The Kier molecular flexibility index (Phi) is 3.25. The van der Waals surface area contributed by atoms with E-state index in [1.807, 2.05) is 6.07 Å². The number of hydrogen-bond donors (Lipinski definition) is 1. The highest BCUT2D eigenvalue weighted by molar-refractivity contribution is 5.39. The zero-order valence-electron chi connectivity index (χ0n) is 9.62. The molecule has 1 heterocycles. The first-order valence-corrected chi connectivity index (χ1v) is 5.08. The number of ether oxygens (including phenoxy) is 2. The molecule has 0 aliphatic carbocycles. The van der Waals surface area contributed by atoms with Crippen molar-refractivity contribution < 1.29 is 9.47 Å². The molecule has 0 atom stereocenters. The smallest absolute Gasteiger partial charge is 0.227 e. The fourth-order valence-electron chi connectivity index (χ4n) is 1.33. The molecular weight excluding hydrogens is 232 g/mol. The molecule has 1 aromatic heterocycles. The van der Waals surface area contributed by atoms with Gasteiger partial charge < -0.3 is 15.2 Å². The average Bonchev–Trinajstić information content (AvgIpc) is 2.38. The molecule has 2 N–H and O–H groups in total. The molecule has 0 aliphatic rings. The van der Waals surface area contributed by atoms with Gasteiger partial charge in [0.1, 0.15) is 5.75 Å². The van der Waals surface area contributed by atoms with Crippen molar-refractivity contribution in [3.8, 4) is 23.6 Å². The van der Waals surface area contributed by atoms with Crippen molar-refractivity contribution in [2.24, 2.45) is 0 Å². The number of methoxy groups -OCH3 is 1. The zero-order chi connectivity index (χ0) is 13.0. The number of nitrogen functional groups attached to an aromatic ring is 1. The van der Waals surface area contributed by atoms with Crippen LogP contribution in [0.4, 0.5) is 5.95 Å². The van der Waals surface area contributed by atoms with Crippen LogP contribution in [0.2, 0.25) is 0 Å². The van der Waals surface area contributed by atoms with Gasteiger partial charge in [-0.3, -0.25) is 0 Å². The van der Waals surface area contributed by atoms with Crippen molar-refractivity contribution in [2.45, 2.75) is 0 Å². The molecule has 6 heteroatoms. The first kappa shape index (κ1) is 11.7. The van der Waals surface area contributed by atoms with Crippen molar-refractivity contribution in [2.75, 3.05) is 12.8 Å². The molecule has 2 rings (SSSR count). The summed E-state index contributed by atoms with van der Waals surface area (Å²) in [5, 5.41) is 8.78. The largest absolute Gasteiger partial charge is 0.481 e. The van der Waals surface area contributed by atoms with E-state index in [0.29, 0.717) is 17.2 Å². The highest BCUT2D eigenvalue weighted by Gasteiger charge is 2.05. The van der Waals surface area contributed by atoms with E-state index in [-0.39, 0.29) is 11.8 Å². The Balaban J connectivity index is 2.28. The zero-order valence-corrected chi connectivity index (χ0v) is 9.62. The maximum atomic E-state index is 8.78. The van der Waals surface area contributed by atoms with E-state index in [2.05, 4.69) is 9.97 Å². The van der Waals surface area contributed by atoms with Gasteiger partial charge in [-0.2, -0.15) is 15.2 Å². The Morgan fingerprint density at radius 1 is 1.22 bits per heavy atom. The lowest BCUT2D eigenvalue weighted by atomic mass is 10.2. The van der Waals surface area contributed by atoms with Gasteiger partial charge >= 0.3 is 0 Å². The first-order valence-electron chi connectivity index (χ1n) is 5.08. The molecule has 90 valence electrons. The molecule has 18 heavy (non-hydrogen) atoms. The van der Waals surface area contributed by atoms with E-state index >= 15 is 0 Å². The monoisotopic (exact) mass is 242 g/mol. The van der Waals surface area contributed by atoms with Crippen LogP contribution in [0.5, 0.6) is 17.5 Å². The summed E-state index contributed by atoms with van der Waals surface area (Å²) in [4.78, 5) is 7.75. The number of hydrogen-bond acceptors (Lipinski definition) is 6. The third kappa shape index (κ3) is 2.65. The maximum Gasteiger partial charge on any atom is 0.227 e. The predicted octanol–water partition coefficient (Wildman–Crippen LogP) is 1.73. The molecule has 0 amide bonds. The summed E-state index contributed by atoms with van der Waals surface area (Å²) in [5.41, 5.74) is 6.01. The van der Waals surface area contributed by atoms with Crippen LogP contribution < -0.4 is 15.2 Å². The van der Waals surface area contributed by atoms with Crippen LogP contribution in [0.15, 0.2) is 30.3 Å². The molecule has 0 unspecified atom stereocenters. The highest BCUT2D eigenvalue weighted by atomic mass is 16.5. The van der Waals surface area contributed by atoms with Crippen LogP contribution >= 0.6 is 0 Å². The lowest BCUT2D eigenvalue weighted by Crippen LogP contribution is -1.99. The van der Waals surface area contributed by atoms with E-state index in [9.17, 15) is 0 Å². The Morgan fingerprint density at radius 3 is 2.72 bits per heavy atom. The molecule has 0 aliphatic heterocycles. The fraction of sp³-hybridized carbons (Fsp3) is 0.0833. The predicted molar refractivity (Wildman–Crippen MR) is 64.2 cm³/mol. The van der Waals surface area contributed by atoms with Gasteiger partial charge in [0.25, 0.3) is 0 Å². The number of aromatic nitrogens is 2. The van der Waals surface area contributed by atoms with Crippen molar-refractivity contribution in [1.82, 2.24) is 9.97 Å². The van der Waals surface area contributed by atoms with Gasteiger partial charge in [0.15, 0.2) is 0 Å². The van der Waals surface area contributed by atoms with Gasteiger partial charge in [0, 0.05) is 0 Å². The van der Waals surface area contributed by atoms with Crippen LogP contribution in [0.25, 0.3) is 0 Å². The Labute approximate surface area is 104 Å². The summed E-state index contributed by atoms with van der Waals surface area (Å²) >= 11 is 0. The third-order valence-electron chi connectivity index (χ3n) is 2.09. The molecule has 0 saturated carbocycles. The molecule has 0 spiro atoms. The summed E-state index contributed by atoms with van der Waals surface area (Å²) < 4.78 is 10.4. The minimum Gasteiger partial charge on any atom is -0.481 e. The minimum atomic E-state index is 0.0563. The maximum absolute atomic E-state index is 8.78. The number of nitrogens with two attached hydrogens (primary N) is 1. The second kappa shape index (κ2) is 5.01. The van der Waals surface area contributed by atoms with Crippen LogP contribution in [0.1, 0.15) is 5.56 Å². The number of rotatable bonds is 3. The lowest BCUT2D eigenvalue weighted by Gasteiger charge is -2.06. The third-order valence-corrected chi connectivity index (χ3v) is 2.09.